The number of ether oxygens (including phenoxy) is 1. The van der Waals surface area contributed by atoms with Crippen molar-refractivity contribution < 1.29 is 14.3 Å². The number of methoxy groups -OCH3 is 1. The Morgan fingerprint density at radius 3 is 2.61 bits per heavy atom. The molecule has 0 spiro atoms. The summed E-state index contributed by atoms with van der Waals surface area (Å²) in [4.78, 5) is 31.6. The maximum Gasteiger partial charge on any atom is 0.258 e. The highest BCUT2D eigenvalue weighted by Gasteiger charge is 2.16. The smallest absolute Gasteiger partial charge is 0.258 e. The number of aromatic nitrogens is 1. The van der Waals surface area contributed by atoms with Gasteiger partial charge >= 0.3 is 0 Å². The molecule has 0 saturated carbocycles. The molecule has 2 heterocycles. The zero-order valence-electron chi connectivity index (χ0n) is 16.5. The maximum absolute atomic E-state index is 12.3. The molecule has 2 aromatic rings. The molecule has 1 aromatic heterocycles. The molecule has 0 unspecified atom stereocenters. The number of rotatable bonds is 6. The van der Waals surface area contributed by atoms with Crippen LogP contribution >= 0.6 is 23.1 Å². The summed E-state index contributed by atoms with van der Waals surface area (Å²) in [6.07, 6.45) is 4.57. The molecule has 6 nitrogen and oxygen atoms in total. The predicted molar refractivity (Wildman–Crippen MR) is 115 cm³/mol. The van der Waals surface area contributed by atoms with Gasteiger partial charge in [0.05, 0.1) is 28.8 Å². The molecule has 0 aliphatic carbocycles. The first-order valence-corrected chi connectivity index (χ1v) is 11.7. The molecule has 2 amide bonds. The summed E-state index contributed by atoms with van der Waals surface area (Å²) < 4.78 is 8.35. The third kappa shape index (κ3) is 5.17. The molecule has 1 aliphatic heterocycles. The SMILES string of the molecule is CCn1c(=NC(=O)CSCC(=O)N2CCCCCC2)sc2cc(OC)ccc21. The standard InChI is InChI=1S/C20H27N3O3S2/c1-3-23-16-9-8-15(26-2)12-17(16)28-20(23)21-18(24)13-27-14-19(25)22-10-6-4-5-7-11-22/h8-9,12H,3-7,10-11,13-14H2,1-2H3. The van der Waals surface area contributed by atoms with E-state index in [0.717, 1.165) is 48.4 Å². The molecule has 1 aromatic carbocycles. The van der Waals surface area contributed by atoms with Crippen molar-refractivity contribution in [3.63, 3.8) is 0 Å². The van der Waals surface area contributed by atoms with Crippen LogP contribution in [0.4, 0.5) is 0 Å². The average Bonchev–Trinajstić information content (AvgIpc) is 2.85. The molecule has 1 aliphatic rings. The van der Waals surface area contributed by atoms with Gasteiger partial charge in [-0.15, -0.1) is 11.8 Å². The normalized spacial score (nSPS) is 15.6. The minimum absolute atomic E-state index is 0.136. The van der Waals surface area contributed by atoms with Gasteiger partial charge in [-0.2, -0.15) is 4.99 Å². The predicted octanol–water partition coefficient (Wildman–Crippen LogP) is 3.29. The van der Waals surface area contributed by atoms with Crippen LogP contribution in [0.1, 0.15) is 32.6 Å². The number of aryl methyl sites for hydroxylation is 1. The van der Waals surface area contributed by atoms with Gasteiger partial charge in [-0.3, -0.25) is 9.59 Å². The van der Waals surface area contributed by atoms with E-state index in [-0.39, 0.29) is 17.6 Å². The van der Waals surface area contributed by atoms with Crippen molar-refractivity contribution in [2.45, 2.75) is 39.2 Å². The number of carbonyl (C=O) groups excluding carboxylic acids is 2. The second-order valence-corrected chi connectivity index (χ2v) is 8.75. The van der Waals surface area contributed by atoms with E-state index in [1.807, 2.05) is 34.6 Å². The number of likely N-dealkylation sites (tertiary alicyclic amines) is 1. The average molecular weight is 422 g/mol. The Bertz CT molecular complexity index is 896. The summed E-state index contributed by atoms with van der Waals surface area (Å²) in [5, 5.41) is 0. The van der Waals surface area contributed by atoms with Crippen molar-refractivity contribution in [2.24, 2.45) is 4.99 Å². The zero-order chi connectivity index (χ0) is 19.9. The van der Waals surface area contributed by atoms with Gasteiger partial charge < -0.3 is 14.2 Å². The van der Waals surface area contributed by atoms with Gasteiger partial charge in [-0.05, 0) is 38.0 Å². The van der Waals surface area contributed by atoms with E-state index in [0.29, 0.717) is 10.6 Å². The van der Waals surface area contributed by atoms with Gasteiger partial charge in [0.2, 0.25) is 5.91 Å². The van der Waals surface area contributed by atoms with E-state index >= 15 is 0 Å². The topological polar surface area (TPSA) is 63.9 Å². The minimum atomic E-state index is -0.200. The monoisotopic (exact) mass is 421 g/mol. The van der Waals surface area contributed by atoms with E-state index < -0.39 is 0 Å². The number of fused-ring (bicyclic) bond motifs is 1. The Morgan fingerprint density at radius 2 is 1.93 bits per heavy atom. The summed E-state index contributed by atoms with van der Waals surface area (Å²) in [5.41, 5.74) is 1.05. The molecular weight excluding hydrogens is 394 g/mol. The fourth-order valence-electron chi connectivity index (χ4n) is 3.35. The Labute approximate surface area is 173 Å². The number of amides is 2. The van der Waals surface area contributed by atoms with Crippen molar-refractivity contribution >= 4 is 45.1 Å². The Morgan fingerprint density at radius 1 is 1.18 bits per heavy atom. The molecular formula is C20H27N3O3S2. The van der Waals surface area contributed by atoms with Crippen molar-refractivity contribution in [1.82, 2.24) is 9.47 Å². The lowest BCUT2D eigenvalue weighted by Gasteiger charge is -2.19. The maximum atomic E-state index is 12.3. The van der Waals surface area contributed by atoms with E-state index in [2.05, 4.69) is 4.99 Å². The highest BCUT2D eigenvalue weighted by Crippen LogP contribution is 2.23. The second kappa shape index (κ2) is 10.1. The number of nitrogens with zero attached hydrogens (tertiary/aromatic N) is 3. The Balaban J connectivity index is 1.63. The lowest BCUT2D eigenvalue weighted by atomic mass is 10.2. The molecule has 0 N–H and O–H groups in total. The molecule has 28 heavy (non-hydrogen) atoms. The first kappa shape index (κ1) is 20.9. The van der Waals surface area contributed by atoms with Crippen LogP contribution in [-0.4, -0.2) is 53.0 Å². The van der Waals surface area contributed by atoms with Crippen LogP contribution in [0.5, 0.6) is 5.75 Å². The molecule has 0 bridgehead atoms. The quantitative estimate of drug-likeness (QED) is 0.718. The Hall–Kier alpha value is -1.80. The summed E-state index contributed by atoms with van der Waals surface area (Å²) in [6.45, 7) is 4.46. The van der Waals surface area contributed by atoms with Gasteiger partial charge in [-0.1, -0.05) is 24.2 Å². The Kier molecular flexibility index (Phi) is 7.56. The molecule has 3 rings (SSSR count). The number of hydrogen-bond acceptors (Lipinski definition) is 5. The van der Waals surface area contributed by atoms with Crippen molar-refractivity contribution in [3.8, 4) is 5.75 Å². The van der Waals surface area contributed by atoms with E-state index in [1.165, 1.54) is 35.9 Å². The van der Waals surface area contributed by atoms with Crippen LogP contribution in [0.3, 0.4) is 0 Å². The molecule has 0 radical (unpaired) electrons. The van der Waals surface area contributed by atoms with Gasteiger partial charge in [0.25, 0.3) is 5.91 Å². The summed E-state index contributed by atoms with van der Waals surface area (Å²) in [6, 6.07) is 5.87. The summed E-state index contributed by atoms with van der Waals surface area (Å²) in [7, 11) is 1.64. The second-order valence-electron chi connectivity index (χ2n) is 6.76. The first-order valence-electron chi connectivity index (χ1n) is 9.73. The van der Waals surface area contributed by atoms with Gasteiger partial charge in [0.15, 0.2) is 4.80 Å². The lowest BCUT2D eigenvalue weighted by Crippen LogP contribution is -2.33. The minimum Gasteiger partial charge on any atom is -0.497 e. The van der Waals surface area contributed by atoms with E-state index in [4.69, 9.17) is 4.74 Å². The van der Waals surface area contributed by atoms with Gasteiger partial charge in [0, 0.05) is 19.6 Å². The van der Waals surface area contributed by atoms with Crippen LogP contribution in [0.25, 0.3) is 10.2 Å². The lowest BCUT2D eigenvalue weighted by molar-refractivity contribution is -0.128. The largest absolute Gasteiger partial charge is 0.497 e. The fraction of sp³-hybridized carbons (Fsp3) is 0.550. The number of benzene rings is 1. The van der Waals surface area contributed by atoms with E-state index in [9.17, 15) is 9.59 Å². The summed E-state index contributed by atoms with van der Waals surface area (Å²) in [5.74, 6) is 1.30. The van der Waals surface area contributed by atoms with Crippen LogP contribution in [0, 0.1) is 0 Å². The third-order valence-electron chi connectivity index (χ3n) is 4.84. The molecule has 0 atom stereocenters. The number of hydrogen-bond donors (Lipinski definition) is 0. The molecule has 1 fully saturated rings. The highest BCUT2D eigenvalue weighted by molar-refractivity contribution is 8.00. The van der Waals surface area contributed by atoms with Crippen molar-refractivity contribution in [3.05, 3.63) is 23.0 Å². The van der Waals surface area contributed by atoms with Crippen molar-refractivity contribution in [1.29, 1.82) is 0 Å². The fourth-order valence-corrected chi connectivity index (χ4v) is 5.19. The molecule has 152 valence electrons. The highest BCUT2D eigenvalue weighted by atomic mass is 32.2. The number of thiazole rings is 1. The first-order chi connectivity index (χ1) is 13.6. The number of carbonyl (C=O) groups is 2. The van der Waals surface area contributed by atoms with E-state index in [1.54, 1.807) is 7.11 Å². The summed E-state index contributed by atoms with van der Waals surface area (Å²) >= 11 is 2.84. The number of thioether (sulfide) groups is 1. The molecule has 1 saturated heterocycles. The third-order valence-corrected chi connectivity index (χ3v) is 6.78. The van der Waals surface area contributed by atoms with Crippen LogP contribution in [-0.2, 0) is 16.1 Å². The van der Waals surface area contributed by atoms with Gasteiger partial charge in [0.1, 0.15) is 5.75 Å². The van der Waals surface area contributed by atoms with Crippen LogP contribution in [0.2, 0.25) is 0 Å². The van der Waals surface area contributed by atoms with Crippen LogP contribution < -0.4 is 9.54 Å². The van der Waals surface area contributed by atoms with Crippen LogP contribution in [0.15, 0.2) is 23.2 Å². The van der Waals surface area contributed by atoms with Gasteiger partial charge in [-0.25, -0.2) is 0 Å². The van der Waals surface area contributed by atoms with Crippen molar-refractivity contribution in [2.75, 3.05) is 31.7 Å². The molecule has 8 heteroatoms. The zero-order valence-corrected chi connectivity index (χ0v) is 18.1.